The maximum absolute atomic E-state index is 10.9. The predicted molar refractivity (Wildman–Crippen MR) is 81.3 cm³/mol. The van der Waals surface area contributed by atoms with Crippen LogP contribution in [0.2, 0.25) is 0 Å². The van der Waals surface area contributed by atoms with Crippen molar-refractivity contribution in [1.29, 1.82) is 0 Å². The fourth-order valence-electron chi connectivity index (χ4n) is 1.37. The first-order chi connectivity index (χ1) is 9.56. The van der Waals surface area contributed by atoms with Crippen LogP contribution in [0.25, 0.3) is 0 Å². The number of carbonyl (C=O) groups is 1. The van der Waals surface area contributed by atoms with Gasteiger partial charge in [0.2, 0.25) is 0 Å². The zero-order valence-corrected chi connectivity index (χ0v) is 12.4. The summed E-state index contributed by atoms with van der Waals surface area (Å²) in [6.45, 7) is 4.00. The molecule has 0 saturated heterocycles. The summed E-state index contributed by atoms with van der Waals surface area (Å²) in [7, 11) is 1.50. The van der Waals surface area contributed by atoms with Crippen molar-refractivity contribution in [2.45, 2.75) is 13.8 Å². The molecule has 0 saturated carbocycles. The molecule has 1 rings (SSSR count). The molecule has 0 unspecified atom stereocenters. The van der Waals surface area contributed by atoms with Gasteiger partial charge in [-0.3, -0.25) is 10.2 Å². The van der Waals surface area contributed by atoms with Crippen LogP contribution >= 0.6 is 12.2 Å². The number of thiocarbonyl (C=S) groups is 1. The molecule has 0 aliphatic heterocycles. The van der Waals surface area contributed by atoms with E-state index in [9.17, 15) is 4.79 Å². The minimum atomic E-state index is -0.401. The Morgan fingerprint density at radius 2 is 2.20 bits per heavy atom. The number of ether oxygens (including phenoxy) is 2. The lowest BCUT2D eigenvalue weighted by atomic mass is 10.2. The molecular formula is C13H17N3O3S. The summed E-state index contributed by atoms with van der Waals surface area (Å²) in [6, 6.07) is 5.10. The van der Waals surface area contributed by atoms with Crippen molar-refractivity contribution < 1.29 is 14.3 Å². The van der Waals surface area contributed by atoms with Crippen molar-refractivity contribution in [3.8, 4) is 11.5 Å². The Hall–Kier alpha value is -2.15. The van der Waals surface area contributed by atoms with E-state index in [2.05, 4.69) is 15.8 Å². The first-order valence-electron chi connectivity index (χ1n) is 6.00. The second-order valence-electron chi connectivity index (χ2n) is 3.73. The zero-order valence-electron chi connectivity index (χ0n) is 11.6. The van der Waals surface area contributed by atoms with Gasteiger partial charge in [0.1, 0.15) is 0 Å². The number of methoxy groups -OCH3 is 1. The van der Waals surface area contributed by atoms with Crippen molar-refractivity contribution in [2.75, 3.05) is 13.7 Å². The molecule has 1 aromatic rings. The minimum absolute atomic E-state index is 0.369. The molecule has 0 spiro atoms. The van der Waals surface area contributed by atoms with E-state index in [-0.39, 0.29) is 0 Å². The molecule has 0 amide bonds. The number of rotatable bonds is 5. The number of hydrogen-bond donors (Lipinski definition) is 2. The van der Waals surface area contributed by atoms with Gasteiger partial charge in [-0.1, -0.05) is 0 Å². The van der Waals surface area contributed by atoms with E-state index in [1.54, 1.807) is 24.4 Å². The van der Waals surface area contributed by atoms with Gasteiger partial charge in [0.05, 0.1) is 13.3 Å². The maximum Gasteiger partial charge on any atom is 0.308 e. The van der Waals surface area contributed by atoms with Gasteiger partial charge in [-0.25, -0.2) is 0 Å². The Morgan fingerprint density at radius 1 is 1.45 bits per heavy atom. The van der Waals surface area contributed by atoms with Crippen LogP contribution in [0.3, 0.4) is 0 Å². The number of carbonyl (C=O) groups excluding carboxylic acids is 1. The quantitative estimate of drug-likeness (QED) is 0.281. The molecule has 0 aliphatic rings. The summed E-state index contributed by atoms with van der Waals surface area (Å²) in [5, 5.41) is 7.34. The van der Waals surface area contributed by atoms with E-state index in [0.29, 0.717) is 16.6 Å². The highest BCUT2D eigenvalue weighted by molar-refractivity contribution is 7.80. The molecule has 7 heteroatoms. The highest BCUT2D eigenvalue weighted by Gasteiger charge is 2.07. The summed E-state index contributed by atoms with van der Waals surface area (Å²) in [4.78, 5) is 10.9. The lowest BCUT2D eigenvalue weighted by Crippen LogP contribution is -2.31. The van der Waals surface area contributed by atoms with Gasteiger partial charge in [-0.15, -0.1) is 0 Å². The summed E-state index contributed by atoms with van der Waals surface area (Å²) in [5.74, 6) is 0.425. The molecule has 6 nitrogen and oxygen atoms in total. The molecule has 20 heavy (non-hydrogen) atoms. The fraction of sp³-hybridized carbons (Fsp3) is 0.308. The third-order valence-electron chi connectivity index (χ3n) is 2.16. The van der Waals surface area contributed by atoms with Crippen LogP contribution in [-0.2, 0) is 4.79 Å². The van der Waals surface area contributed by atoms with E-state index < -0.39 is 5.97 Å². The molecule has 2 N–H and O–H groups in total. The Bertz CT molecular complexity index is 518. The topological polar surface area (TPSA) is 72.0 Å². The number of esters is 1. The lowest BCUT2D eigenvalue weighted by Gasteiger charge is -2.08. The average Bonchev–Trinajstić information content (AvgIpc) is 2.40. The second-order valence-corrected chi connectivity index (χ2v) is 4.14. The number of nitrogens with zero attached hydrogens (tertiary/aromatic N) is 1. The largest absolute Gasteiger partial charge is 0.493 e. The molecule has 0 aliphatic carbocycles. The van der Waals surface area contributed by atoms with Gasteiger partial charge in [-0.2, -0.15) is 5.10 Å². The number of hydrogen-bond acceptors (Lipinski definition) is 5. The number of benzene rings is 1. The van der Waals surface area contributed by atoms with E-state index in [0.717, 1.165) is 12.1 Å². The Balaban J connectivity index is 2.75. The van der Waals surface area contributed by atoms with E-state index in [1.165, 1.54) is 14.0 Å². The van der Waals surface area contributed by atoms with Crippen LogP contribution in [0, 0.1) is 0 Å². The van der Waals surface area contributed by atoms with Crippen molar-refractivity contribution in [2.24, 2.45) is 5.10 Å². The van der Waals surface area contributed by atoms with Crippen LogP contribution in [0.5, 0.6) is 11.5 Å². The van der Waals surface area contributed by atoms with E-state index in [1.807, 2.05) is 6.92 Å². The van der Waals surface area contributed by atoms with E-state index >= 15 is 0 Å². The van der Waals surface area contributed by atoms with Gasteiger partial charge in [0, 0.05) is 13.5 Å². The number of nitrogens with one attached hydrogen (secondary N) is 2. The first-order valence-corrected chi connectivity index (χ1v) is 6.41. The third-order valence-corrected chi connectivity index (χ3v) is 2.39. The summed E-state index contributed by atoms with van der Waals surface area (Å²) in [5.41, 5.74) is 3.46. The molecule has 0 heterocycles. The van der Waals surface area contributed by atoms with Crippen molar-refractivity contribution in [3.05, 3.63) is 23.8 Å². The first kappa shape index (κ1) is 15.9. The Labute approximate surface area is 123 Å². The molecule has 0 fully saturated rings. The normalized spacial score (nSPS) is 10.2. The predicted octanol–water partition coefficient (Wildman–Crippen LogP) is 1.44. The molecular weight excluding hydrogens is 278 g/mol. The maximum atomic E-state index is 10.9. The summed E-state index contributed by atoms with van der Waals surface area (Å²) in [6.07, 6.45) is 1.59. The standard InChI is InChI=1S/C13H17N3O3S/c1-4-14-13(20)16-15-8-10-5-6-11(19-9(2)17)12(7-10)18-3/h5-8H,4H2,1-3H3,(H2,14,16,20)/b15-8-. The highest BCUT2D eigenvalue weighted by Crippen LogP contribution is 2.27. The van der Waals surface area contributed by atoms with Crippen LogP contribution in [0.4, 0.5) is 0 Å². The van der Waals surface area contributed by atoms with Gasteiger partial charge >= 0.3 is 5.97 Å². The molecule has 108 valence electrons. The van der Waals surface area contributed by atoms with Crippen molar-refractivity contribution >= 4 is 29.5 Å². The Morgan fingerprint density at radius 3 is 2.80 bits per heavy atom. The summed E-state index contributed by atoms with van der Waals surface area (Å²) < 4.78 is 10.2. The molecule has 1 aromatic carbocycles. The van der Waals surface area contributed by atoms with Crippen molar-refractivity contribution in [1.82, 2.24) is 10.7 Å². The van der Waals surface area contributed by atoms with Crippen LogP contribution in [-0.4, -0.2) is 31.0 Å². The molecule has 0 bridgehead atoms. The van der Waals surface area contributed by atoms with Gasteiger partial charge in [0.25, 0.3) is 0 Å². The molecule has 0 atom stereocenters. The molecule has 0 aromatic heterocycles. The summed E-state index contributed by atoms with van der Waals surface area (Å²) >= 11 is 4.97. The fourth-order valence-corrected chi connectivity index (χ4v) is 1.57. The zero-order chi connectivity index (χ0) is 15.0. The monoisotopic (exact) mass is 295 g/mol. The minimum Gasteiger partial charge on any atom is -0.493 e. The average molecular weight is 295 g/mol. The molecule has 0 radical (unpaired) electrons. The van der Waals surface area contributed by atoms with Crippen LogP contribution < -0.4 is 20.2 Å². The van der Waals surface area contributed by atoms with Gasteiger partial charge in [0.15, 0.2) is 16.6 Å². The smallest absolute Gasteiger partial charge is 0.308 e. The van der Waals surface area contributed by atoms with E-state index in [4.69, 9.17) is 21.7 Å². The van der Waals surface area contributed by atoms with Crippen molar-refractivity contribution in [3.63, 3.8) is 0 Å². The Kier molecular flexibility index (Phi) is 6.45. The van der Waals surface area contributed by atoms with Gasteiger partial charge in [-0.05, 0) is 42.9 Å². The van der Waals surface area contributed by atoms with Crippen LogP contribution in [0.15, 0.2) is 23.3 Å². The second kappa shape index (κ2) is 8.11. The lowest BCUT2D eigenvalue weighted by molar-refractivity contribution is -0.132. The number of hydrazone groups is 1. The SMILES string of the molecule is CCNC(=S)N/N=C\c1ccc(OC(C)=O)c(OC)c1. The highest BCUT2D eigenvalue weighted by atomic mass is 32.1. The van der Waals surface area contributed by atoms with Gasteiger partial charge < -0.3 is 14.8 Å². The van der Waals surface area contributed by atoms with Crippen LogP contribution in [0.1, 0.15) is 19.4 Å². The third kappa shape index (κ3) is 5.23.